The first-order chi connectivity index (χ1) is 7.16. The third-order valence-corrected chi connectivity index (χ3v) is 3.76. The molecular weight excluding hydrogens is 244 g/mol. The van der Waals surface area contributed by atoms with Gasteiger partial charge in [0.2, 0.25) is 0 Å². The third-order valence-electron chi connectivity index (χ3n) is 1.78. The molecule has 0 fully saturated rings. The van der Waals surface area contributed by atoms with Crippen LogP contribution in [0.3, 0.4) is 0 Å². The number of rotatable bonds is 4. The van der Waals surface area contributed by atoms with E-state index in [0.29, 0.717) is 5.01 Å². The van der Waals surface area contributed by atoms with E-state index in [9.17, 15) is 8.42 Å². The number of aromatic nitrogens is 1. The van der Waals surface area contributed by atoms with Crippen molar-refractivity contribution in [3.8, 4) is 0 Å². The van der Waals surface area contributed by atoms with Crippen LogP contribution in [0.1, 0.15) is 30.7 Å². The summed E-state index contributed by atoms with van der Waals surface area (Å²) in [7, 11) is -2.98. The maximum absolute atomic E-state index is 11.1. The van der Waals surface area contributed by atoms with Gasteiger partial charge >= 0.3 is 0 Å². The highest BCUT2D eigenvalue weighted by molar-refractivity contribution is 7.90. The highest BCUT2D eigenvalue weighted by Crippen LogP contribution is 2.16. The van der Waals surface area contributed by atoms with Crippen molar-refractivity contribution in [2.75, 3.05) is 6.26 Å². The molecule has 1 rings (SSSR count). The minimum Gasteiger partial charge on any atom is -0.307 e. The number of nitrogens with zero attached hydrogens (tertiary/aromatic N) is 1. The molecule has 0 atom stereocenters. The van der Waals surface area contributed by atoms with E-state index in [1.54, 1.807) is 6.20 Å². The van der Waals surface area contributed by atoms with Gasteiger partial charge < -0.3 is 5.32 Å². The van der Waals surface area contributed by atoms with Crippen molar-refractivity contribution in [3.05, 3.63) is 16.1 Å². The summed E-state index contributed by atoms with van der Waals surface area (Å²) in [6, 6.07) is 0. The molecular formula is C10H18N2O2S2. The predicted molar refractivity (Wildman–Crippen MR) is 67.3 cm³/mol. The molecule has 1 N–H and O–H groups in total. The molecule has 0 spiro atoms. The van der Waals surface area contributed by atoms with Gasteiger partial charge in [0.15, 0.2) is 9.84 Å². The van der Waals surface area contributed by atoms with Gasteiger partial charge in [-0.2, -0.15) is 0 Å². The van der Waals surface area contributed by atoms with Crippen molar-refractivity contribution in [3.63, 3.8) is 0 Å². The zero-order valence-electron chi connectivity index (χ0n) is 10.1. The Kier molecular flexibility index (Phi) is 4.09. The van der Waals surface area contributed by atoms with Crippen LogP contribution in [0.4, 0.5) is 0 Å². The van der Waals surface area contributed by atoms with Crippen LogP contribution in [0.5, 0.6) is 0 Å². The lowest BCUT2D eigenvalue weighted by atomic mass is 10.1. The molecule has 0 bridgehead atoms. The van der Waals surface area contributed by atoms with Gasteiger partial charge in [-0.15, -0.1) is 11.3 Å². The lowest BCUT2D eigenvalue weighted by Crippen LogP contribution is -2.34. The molecule has 0 amide bonds. The molecule has 0 aliphatic heterocycles. The summed E-state index contributed by atoms with van der Waals surface area (Å²) in [5.41, 5.74) is 0.0565. The van der Waals surface area contributed by atoms with E-state index in [2.05, 4.69) is 31.1 Å². The van der Waals surface area contributed by atoms with Crippen LogP contribution in [-0.2, 0) is 22.1 Å². The van der Waals surface area contributed by atoms with Gasteiger partial charge in [-0.05, 0) is 20.8 Å². The van der Waals surface area contributed by atoms with E-state index in [1.807, 2.05) is 0 Å². The fourth-order valence-corrected chi connectivity index (χ4v) is 3.13. The Morgan fingerprint density at radius 2 is 2.06 bits per heavy atom. The Hall–Kier alpha value is -0.460. The number of sulfone groups is 1. The Morgan fingerprint density at radius 3 is 2.56 bits per heavy atom. The summed E-state index contributed by atoms with van der Waals surface area (Å²) in [5, 5.41) is 4.00. The number of hydrogen-bond acceptors (Lipinski definition) is 5. The average Bonchev–Trinajstić information content (AvgIpc) is 2.44. The second kappa shape index (κ2) is 4.81. The lowest BCUT2D eigenvalue weighted by molar-refractivity contribution is 0.426. The molecule has 1 aromatic rings. The quantitative estimate of drug-likeness (QED) is 0.895. The molecule has 0 aliphatic rings. The largest absolute Gasteiger partial charge is 0.307 e. The van der Waals surface area contributed by atoms with Crippen molar-refractivity contribution in [2.45, 2.75) is 38.6 Å². The van der Waals surface area contributed by atoms with Crippen LogP contribution in [0, 0.1) is 0 Å². The normalized spacial score (nSPS) is 13.0. The Morgan fingerprint density at radius 1 is 1.44 bits per heavy atom. The van der Waals surface area contributed by atoms with E-state index in [1.165, 1.54) is 17.6 Å². The van der Waals surface area contributed by atoms with Crippen LogP contribution in [-0.4, -0.2) is 25.2 Å². The molecule has 0 aliphatic carbocycles. The first kappa shape index (κ1) is 13.6. The molecule has 1 heterocycles. The van der Waals surface area contributed by atoms with E-state index in [4.69, 9.17) is 0 Å². The van der Waals surface area contributed by atoms with Crippen molar-refractivity contribution >= 4 is 21.2 Å². The smallest absolute Gasteiger partial charge is 0.153 e. The van der Waals surface area contributed by atoms with Gasteiger partial charge in [0.1, 0.15) is 10.8 Å². The van der Waals surface area contributed by atoms with Crippen molar-refractivity contribution in [1.82, 2.24) is 10.3 Å². The standard InChI is InChI=1S/C10H18N2O2S2/c1-10(2,3)12-6-8-5-11-9(15-8)7-16(4,13)14/h5,12H,6-7H2,1-4H3. The maximum Gasteiger partial charge on any atom is 0.153 e. The number of thiazole rings is 1. The van der Waals surface area contributed by atoms with Crippen LogP contribution >= 0.6 is 11.3 Å². The number of hydrogen-bond donors (Lipinski definition) is 1. The summed E-state index contributed by atoms with van der Waals surface area (Å²) < 4.78 is 22.2. The highest BCUT2D eigenvalue weighted by atomic mass is 32.2. The van der Waals surface area contributed by atoms with Crippen LogP contribution in [0.25, 0.3) is 0 Å². The SMILES string of the molecule is CC(C)(C)NCc1cnc(CS(C)(=O)=O)s1. The Balaban J connectivity index is 2.59. The van der Waals surface area contributed by atoms with E-state index in [0.717, 1.165) is 11.4 Å². The van der Waals surface area contributed by atoms with Gasteiger partial charge in [-0.1, -0.05) is 0 Å². The minimum absolute atomic E-state index is 0.0349. The van der Waals surface area contributed by atoms with Crippen molar-refractivity contribution < 1.29 is 8.42 Å². The van der Waals surface area contributed by atoms with Crippen LogP contribution in [0.15, 0.2) is 6.20 Å². The average molecular weight is 262 g/mol. The van der Waals surface area contributed by atoms with Gasteiger partial charge in [-0.3, -0.25) is 0 Å². The second-order valence-electron chi connectivity index (χ2n) is 4.89. The first-order valence-electron chi connectivity index (χ1n) is 5.02. The molecule has 0 saturated carbocycles. The molecule has 92 valence electrons. The summed E-state index contributed by atoms with van der Waals surface area (Å²) in [4.78, 5) is 5.17. The van der Waals surface area contributed by atoms with Crippen molar-refractivity contribution in [2.24, 2.45) is 0 Å². The molecule has 0 saturated heterocycles. The molecule has 16 heavy (non-hydrogen) atoms. The van der Waals surface area contributed by atoms with E-state index < -0.39 is 9.84 Å². The molecule has 6 heteroatoms. The maximum atomic E-state index is 11.1. The molecule has 0 radical (unpaired) electrons. The fraction of sp³-hybridized carbons (Fsp3) is 0.700. The highest BCUT2D eigenvalue weighted by Gasteiger charge is 2.12. The lowest BCUT2D eigenvalue weighted by Gasteiger charge is -2.19. The third kappa shape index (κ3) is 5.58. The van der Waals surface area contributed by atoms with Gasteiger partial charge in [0.05, 0.1) is 0 Å². The van der Waals surface area contributed by atoms with Gasteiger partial charge in [-0.25, -0.2) is 13.4 Å². The fourth-order valence-electron chi connectivity index (χ4n) is 1.07. The molecule has 0 unspecified atom stereocenters. The summed E-state index contributed by atoms with van der Waals surface area (Å²) >= 11 is 1.45. The molecule has 0 aromatic carbocycles. The monoisotopic (exact) mass is 262 g/mol. The second-order valence-corrected chi connectivity index (χ2v) is 8.23. The zero-order valence-corrected chi connectivity index (χ0v) is 11.7. The van der Waals surface area contributed by atoms with E-state index in [-0.39, 0.29) is 11.3 Å². The van der Waals surface area contributed by atoms with Crippen LogP contribution < -0.4 is 5.32 Å². The Labute approximate surface area is 101 Å². The van der Waals surface area contributed by atoms with Crippen LogP contribution in [0.2, 0.25) is 0 Å². The molecule has 1 aromatic heterocycles. The predicted octanol–water partition coefficient (Wildman–Crippen LogP) is 1.58. The molecule has 4 nitrogen and oxygen atoms in total. The van der Waals surface area contributed by atoms with Gasteiger partial charge in [0, 0.05) is 29.4 Å². The zero-order chi connectivity index (χ0) is 12.4. The summed E-state index contributed by atoms with van der Waals surface area (Å²) in [5.74, 6) is 0.0349. The minimum atomic E-state index is -2.98. The van der Waals surface area contributed by atoms with Gasteiger partial charge in [0.25, 0.3) is 0 Å². The Bertz CT molecular complexity index is 444. The topological polar surface area (TPSA) is 59.1 Å². The summed E-state index contributed by atoms with van der Waals surface area (Å²) in [6.07, 6.45) is 2.96. The van der Waals surface area contributed by atoms with Crippen molar-refractivity contribution in [1.29, 1.82) is 0 Å². The number of nitrogens with one attached hydrogen (secondary N) is 1. The first-order valence-corrected chi connectivity index (χ1v) is 7.90. The summed E-state index contributed by atoms with van der Waals surface area (Å²) in [6.45, 7) is 6.99. The van der Waals surface area contributed by atoms with E-state index >= 15 is 0 Å².